The summed E-state index contributed by atoms with van der Waals surface area (Å²) in [6, 6.07) is 25.5. The van der Waals surface area contributed by atoms with Gasteiger partial charge in [-0.2, -0.15) is 5.10 Å². The molecule has 4 aromatic carbocycles. The molecule has 0 aliphatic carbocycles. The van der Waals surface area contributed by atoms with Crippen LogP contribution in [0.4, 0.5) is 5.69 Å². The van der Waals surface area contributed by atoms with Gasteiger partial charge in [0.2, 0.25) is 0 Å². The van der Waals surface area contributed by atoms with Crippen molar-refractivity contribution in [1.29, 1.82) is 0 Å². The van der Waals surface area contributed by atoms with Crippen molar-refractivity contribution in [2.75, 3.05) is 25.6 Å². The molecular formula is C29H27N3O5. The van der Waals surface area contributed by atoms with Crippen molar-refractivity contribution in [1.82, 2.24) is 5.43 Å². The summed E-state index contributed by atoms with van der Waals surface area (Å²) in [6.45, 7) is 2.04. The van der Waals surface area contributed by atoms with Crippen LogP contribution in [-0.2, 0) is 4.79 Å². The minimum atomic E-state index is -0.339. The summed E-state index contributed by atoms with van der Waals surface area (Å²) >= 11 is 0. The number of amides is 2. The van der Waals surface area contributed by atoms with Crippen molar-refractivity contribution in [3.63, 3.8) is 0 Å². The van der Waals surface area contributed by atoms with Gasteiger partial charge in [-0.3, -0.25) is 9.59 Å². The number of hydrogen-bond donors (Lipinski definition) is 2. The average molecular weight is 498 g/mol. The average Bonchev–Trinajstić information content (AvgIpc) is 2.92. The SMILES string of the molecule is CCOc1cc(/C=N\NC(=O)c2cccc3ccccc23)ccc1OCC(=O)Nc1ccccc1OC. The van der Waals surface area contributed by atoms with Crippen LogP contribution in [0.2, 0.25) is 0 Å². The van der Waals surface area contributed by atoms with Gasteiger partial charge < -0.3 is 19.5 Å². The highest BCUT2D eigenvalue weighted by atomic mass is 16.5. The van der Waals surface area contributed by atoms with Gasteiger partial charge in [-0.25, -0.2) is 5.43 Å². The number of para-hydroxylation sites is 2. The Morgan fingerprint density at radius 3 is 2.49 bits per heavy atom. The Morgan fingerprint density at radius 2 is 1.65 bits per heavy atom. The van der Waals surface area contributed by atoms with Crippen LogP contribution in [0.25, 0.3) is 10.8 Å². The summed E-state index contributed by atoms with van der Waals surface area (Å²) < 4.78 is 16.6. The predicted octanol–water partition coefficient (Wildman–Crippen LogP) is 5.03. The third-order valence-corrected chi connectivity index (χ3v) is 5.42. The van der Waals surface area contributed by atoms with E-state index in [9.17, 15) is 9.59 Å². The lowest BCUT2D eigenvalue weighted by Gasteiger charge is -2.13. The molecule has 4 aromatic rings. The van der Waals surface area contributed by atoms with Gasteiger partial charge in [0.15, 0.2) is 18.1 Å². The first-order chi connectivity index (χ1) is 18.1. The molecule has 0 radical (unpaired) electrons. The van der Waals surface area contributed by atoms with Crippen molar-refractivity contribution >= 4 is 34.5 Å². The summed E-state index contributed by atoms with van der Waals surface area (Å²) in [5.41, 5.74) is 4.36. The van der Waals surface area contributed by atoms with Crippen LogP contribution in [0.3, 0.4) is 0 Å². The number of carbonyl (C=O) groups excluding carboxylic acids is 2. The van der Waals surface area contributed by atoms with E-state index in [2.05, 4.69) is 15.8 Å². The fourth-order valence-electron chi connectivity index (χ4n) is 3.72. The molecule has 0 unspecified atom stereocenters. The molecule has 0 saturated heterocycles. The summed E-state index contributed by atoms with van der Waals surface area (Å²) in [6.07, 6.45) is 1.52. The van der Waals surface area contributed by atoms with E-state index in [-0.39, 0.29) is 18.4 Å². The summed E-state index contributed by atoms with van der Waals surface area (Å²) in [7, 11) is 1.54. The van der Waals surface area contributed by atoms with Crippen molar-refractivity contribution in [2.45, 2.75) is 6.92 Å². The lowest BCUT2D eigenvalue weighted by Crippen LogP contribution is -2.20. The smallest absolute Gasteiger partial charge is 0.271 e. The zero-order valence-electron chi connectivity index (χ0n) is 20.6. The Morgan fingerprint density at radius 1 is 0.865 bits per heavy atom. The normalized spacial score (nSPS) is 10.8. The predicted molar refractivity (Wildman–Crippen MR) is 144 cm³/mol. The van der Waals surface area contributed by atoms with Crippen LogP contribution in [0.5, 0.6) is 17.2 Å². The Kier molecular flexibility index (Phi) is 8.33. The maximum atomic E-state index is 12.7. The number of benzene rings is 4. The van der Waals surface area contributed by atoms with Gasteiger partial charge in [-0.15, -0.1) is 0 Å². The molecule has 0 aliphatic heterocycles. The zero-order valence-corrected chi connectivity index (χ0v) is 20.6. The largest absolute Gasteiger partial charge is 0.495 e. The van der Waals surface area contributed by atoms with E-state index < -0.39 is 0 Å². The number of rotatable bonds is 10. The second-order valence-corrected chi connectivity index (χ2v) is 7.90. The number of fused-ring (bicyclic) bond motifs is 1. The number of nitrogens with one attached hydrogen (secondary N) is 2. The lowest BCUT2D eigenvalue weighted by atomic mass is 10.0. The molecular weight excluding hydrogens is 470 g/mol. The topological polar surface area (TPSA) is 98.3 Å². The van der Waals surface area contributed by atoms with Gasteiger partial charge in [0, 0.05) is 5.56 Å². The van der Waals surface area contributed by atoms with E-state index in [0.717, 1.165) is 10.8 Å². The molecule has 8 heteroatoms. The van der Waals surface area contributed by atoms with Gasteiger partial charge >= 0.3 is 0 Å². The lowest BCUT2D eigenvalue weighted by molar-refractivity contribution is -0.118. The summed E-state index contributed by atoms with van der Waals surface area (Å²) in [5, 5.41) is 8.70. The van der Waals surface area contributed by atoms with Gasteiger partial charge in [0.05, 0.1) is 25.6 Å². The third-order valence-electron chi connectivity index (χ3n) is 5.42. The maximum Gasteiger partial charge on any atom is 0.271 e. The van der Waals surface area contributed by atoms with Crippen LogP contribution in [0.15, 0.2) is 90.0 Å². The molecule has 0 atom stereocenters. The summed E-state index contributed by atoms with van der Waals surface area (Å²) in [4.78, 5) is 25.1. The number of methoxy groups -OCH3 is 1. The van der Waals surface area contributed by atoms with Crippen molar-refractivity contribution in [3.8, 4) is 17.2 Å². The molecule has 2 N–H and O–H groups in total. The molecule has 2 amide bonds. The molecule has 0 fully saturated rings. The quantitative estimate of drug-likeness (QED) is 0.237. The minimum Gasteiger partial charge on any atom is -0.495 e. The van der Waals surface area contributed by atoms with Crippen LogP contribution < -0.4 is 25.0 Å². The highest BCUT2D eigenvalue weighted by Crippen LogP contribution is 2.28. The van der Waals surface area contributed by atoms with Gasteiger partial charge in [-0.05, 0) is 59.7 Å². The van der Waals surface area contributed by atoms with E-state index in [1.807, 2.05) is 49.4 Å². The van der Waals surface area contributed by atoms with E-state index in [1.165, 1.54) is 13.3 Å². The van der Waals surface area contributed by atoms with Crippen molar-refractivity contribution in [3.05, 3.63) is 96.1 Å². The Balaban J connectivity index is 1.39. The Hall–Kier alpha value is -4.85. The highest BCUT2D eigenvalue weighted by Gasteiger charge is 2.12. The van der Waals surface area contributed by atoms with Gasteiger partial charge in [0.25, 0.3) is 11.8 Å². The Labute approximate surface area is 214 Å². The number of hydrazone groups is 1. The van der Waals surface area contributed by atoms with Crippen LogP contribution in [-0.4, -0.2) is 38.4 Å². The van der Waals surface area contributed by atoms with Crippen LogP contribution in [0.1, 0.15) is 22.8 Å². The highest BCUT2D eigenvalue weighted by molar-refractivity contribution is 6.07. The van der Waals surface area contributed by atoms with E-state index in [0.29, 0.717) is 40.7 Å². The van der Waals surface area contributed by atoms with Crippen LogP contribution in [0, 0.1) is 0 Å². The third kappa shape index (κ3) is 6.43. The first-order valence-electron chi connectivity index (χ1n) is 11.7. The van der Waals surface area contributed by atoms with Crippen molar-refractivity contribution < 1.29 is 23.8 Å². The molecule has 188 valence electrons. The van der Waals surface area contributed by atoms with Gasteiger partial charge in [-0.1, -0.05) is 48.5 Å². The molecule has 0 saturated carbocycles. The first kappa shape index (κ1) is 25.2. The molecule has 0 heterocycles. The van der Waals surface area contributed by atoms with E-state index in [4.69, 9.17) is 14.2 Å². The number of nitrogens with zero attached hydrogens (tertiary/aromatic N) is 1. The molecule has 0 aliphatic rings. The zero-order chi connectivity index (χ0) is 26.0. The van der Waals surface area contributed by atoms with Crippen molar-refractivity contribution in [2.24, 2.45) is 5.10 Å². The number of carbonyl (C=O) groups is 2. The van der Waals surface area contributed by atoms with E-state index in [1.54, 1.807) is 42.5 Å². The van der Waals surface area contributed by atoms with Crippen LogP contribution >= 0.6 is 0 Å². The summed E-state index contributed by atoms with van der Waals surface area (Å²) in [5.74, 6) is 0.778. The Bertz CT molecular complexity index is 1430. The van der Waals surface area contributed by atoms with E-state index >= 15 is 0 Å². The second kappa shape index (κ2) is 12.2. The number of hydrogen-bond acceptors (Lipinski definition) is 6. The standard InChI is InChI=1S/C29H27N3O5/c1-3-36-27-17-20(18-30-32-29(34)23-12-8-10-21-9-4-5-11-22(21)23)15-16-26(27)37-19-28(33)31-24-13-6-7-14-25(24)35-2/h4-18H,3,19H2,1-2H3,(H,31,33)(H,32,34)/b30-18-. The molecule has 0 spiro atoms. The second-order valence-electron chi connectivity index (χ2n) is 7.90. The monoisotopic (exact) mass is 497 g/mol. The first-order valence-corrected chi connectivity index (χ1v) is 11.7. The minimum absolute atomic E-state index is 0.216. The number of ether oxygens (including phenoxy) is 3. The maximum absolute atomic E-state index is 12.7. The molecule has 0 aromatic heterocycles. The molecule has 8 nitrogen and oxygen atoms in total. The molecule has 0 bridgehead atoms. The fourth-order valence-corrected chi connectivity index (χ4v) is 3.72. The van der Waals surface area contributed by atoms with Gasteiger partial charge in [0.1, 0.15) is 5.75 Å². The number of anilines is 1. The molecule has 37 heavy (non-hydrogen) atoms. The molecule has 4 rings (SSSR count). The fraction of sp³-hybridized carbons (Fsp3) is 0.138.